The molecule has 42 heavy (non-hydrogen) atoms. The molecule has 0 saturated heterocycles. The van der Waals surface area contributed by atoms with Gasteiger partial charge in [0.2, 0.25) is 5.91 Å². The summed E-state index contributed by atoms with van der Waals surface area (Å²) in [7, 11) is 0. The van der Waals surface area contributed by atoms with Crippen LogP contribution in [-0.4, -0.2) is 59.7 Å². The average Bonchev–Trinajstić information content (AvgIpc) is 2.90. The summed E-state index contributed by atoms with van der Waals surface area (Å²) in [6.07, 6.45) is 1.57. The number of nitrogens with zero attached hydrogens (tertiary/aromatic N) is 3. The van der Waals surface area contributed by atoms with Gasteiger partial charge in [-0.25, -0.2) is 4.99 Å². The molecule has 228 valence electrons. The third kappa shape index (κ3) is 11.9. The molecule has 0 saturated carbocycles. The van der Waals surface area contributed by atoms with E-state index in [0.717, 1.165) is 22.3 Å². The summed E-state index contributed by atoms with van der Waals surface area (Å²) >= 11 is 0. The number of carbonyl (C=O) groups is 2. The van der Waals surface area contributed by atoms with Crippen molar-refractivity contribution in [2.45, 2.75) is 65.0 Å². The van der Waals surface area contributed by atoms with Crippen molar-refractivity contribution in [1.29, 1.82) is 0 Å². The Morgan fingerprint density at radius 1 is 0.929 bits per heavy atom. The molecule has 12 heteroatoms. The largest absolute Gasteiger partial charge is 0.508 e. The number of amides is 1. The van der Waals surface area contributed by atoms with Crippen LogP contribution in [0.5, 0.6) is 5.75 Å². The van der Waals surface area contributed by atoms with Crippen LogP contribution in [0.4, 0.5) is 0 Å². The van der Waals surface area contributed by atoms with E-state index in [9.17, 15) is 14.7 Å². The third-order valence-electron chi connectivity index (χ3n) is 6.79. The molecule has 12 nitrogen and oxygen atoms in total. The molecule has 2 aromatic rings. The minimum absolute atomic E-state index is 0.0432. The molecular formula is C30H45N9O3. The van der Waals surface area contributed by atoms with Gasteiger partial charge in [0.15, 0.2) is 17.7 Å². The summed E-state index contributed by atoms with van der Waals surface area (Å²) in [5.41, 5.74) is 31.6. The van der Waals surface area contributed by atoms with Gasteiger partial charge in [-0.3, -0.25) is 19.6 Å². The van der Waals surface area contributed by atoms with Gasteiger partial charge in [0, 0.05) is 31.8 Å². The van der Waals surface area contributed by atoms with Gasteiger partial charge in [0.25, 0.3) is 0 Å². The van der Waals surface area contributed by atoms with Gasteiger partial charge in [-0.05, 0) is 74.4 Å². The molecule has 2 aromatic carbocycles. The van der Waals surface area contributed by atoms with Crippen molar-refractivity contribution in [3.8, 4) is 5.75 Å². The molecule has 12 N–H and O–H groups in total. The predicted octanol–water partition coefficient (Wildman–Crippen LogP) is 0.927. The maximum atomic E-state index is 13.6. The van der Waals surface area contributed by atoms with Gasteiger partial charge >= 0.3 is 0 Å². The number of carbonyl (C=O) groups excluding carboxylic acids is 2. The van der Waals surface area contributed by atoms with Gasteiger partial charge in [0.05, 0.1) is 11.9 Å². The van der Waals surface area contributed by atoms with Crippen LogP contribution in [0.2, 0.25) is 0 Å². The van der Waals surface area contributed by atoms with Crippen molar-refractivity contribution in [3.63, 3.8) is 0 Å². The van der Waals surface area contributed by atoms with Crippen LogP contribution in [-0.2, 0) is 22.4 Å². The zero-order valence-electron chi connectivity index (χ0n) is 24.7. The normalized spacial score (nSPS) is 13.5. The number of nitrogens with two attached hydrogens (primary N) is 5. The summed E-state index contributed by atoms with van der Waals surface area (Å²) < 4.78 is 0. The molecular weight excluding hydrogens is 534 g/mol. The van der Waals surface area contributed by atoms with E-state index in [4.69, 9.17) is 28.7 Å². The number of amidine groups is 1. The van der Waals surface area contributed by atoms with Crippen LogP contribution in [0.15, 0.2) is 57.4 Å². The van der Waals surface area contributed by atoms with Gasteiger partial charge < -0.3 is 39.1 Å². The van der Waals surface area contributed by atoms with Crippen molar-refractivity contribution in [2.75, 3.05) is 13.1 Å². The van der Waals surface area contributed by atoms with Crippen molar-refractivity contribution in [3.05, 3.63) is 64.7 Å². The summed E-state index contributed by atoms with van der Waals surface area (Å²) in [5, 5.41) is 12.9. The maximum Gasteiger partial charge on any atom is 0.223 e. The zero-order valence-corrected chi connectivity index (χ0v) is 24.7. The van der Waals surface area contributed by atoms with Crippen molar-refractivity contribution < 1.29 is 14.7 Å². The van der Waals surface area contributed by atoms with Crippen LogP contribution in [0.3, 0.4) is 0 Å². The lowest BCUT2D eigenvalue weighted by Gasteiger charge is -2.21. The highest BCUT2D eigenvalue weighted by Crippen LogP contribution is 2.24. The van der Waals surface area contributed by atoms with Crippen LogP contribution < -0.4 is 34.0 Å². The fourth-order valence-electron chi connectivity index (χ4n) is 4.85. The minimum Gasteiger partial charge on any atom is -0.508 e. The van der Waals surface area contributed by atoms with Crippen LogP contribution in [0.1, 0.15) is 48.4 Å². The monoisotopic (exact) mass is 579 g/mol. The van der Waals surface area contributed by atoms with E-state index in [0.29, 0.717) is 31.6 Å². The van der Waals surface area contributed by atoms with Crippen LogP contribution in [0.25, 0.3) is 0 Å². The average molecular weight is 580 g/mol. The highest BCUT2D eigenvalue weighted by Gasteiger charge is 2.28. The molecule has 0 unspecified atom stereocenters. The Morgan fingerprint density at radius 2 is 1.57 bits per heavy atom. The zero-order chi connectivity index (χ0) is 31.2. The van der Waals surface area contributed by atoms with Crippen molar-refractivity contribution in [2.24, 2.45) is 49.6 Å². The number of phenolic OH excluding ortho intramolecular Hbond substituents is 1. The Labute approximate surface area is 247 Å². The number of hydrogen-bond acceptors (Lipinski definition) is 6. The first-order valence-corrected chi connectivity index (χ1v) is 13.9. The molecule has 0 aromatic heterocycles. The number of benzene rings is 2. The fourth-order valence-corrected chi connectivity index (χ4v) is 4.85. The van der Waals surface area contributed by atoms with Gasteiger partial charge in [0.1, 0.15) is 11.8 Å². The number of aliphatic imine (C=N–C) groups is 3. The van der Waals surface area contributed by atoms with E-state index >= 15 is 0 Å². The lowest BCUT2D eigenvalue weighted by Crippen LogP contribution is -2.39. The molecule has 0 fully saturated rings. The number of aryl methyl sites for hydroxylation is 2. The van der Waals surface area contributed by atoms with Gasteiger partial charge in [-0.2, -0.15) is 0 Å². The molecule has 0 aliphatic carbocycles. The molecule has 0 aliphatic heterocycles. The Bertz CT molecular complexity index is 1260. The third-order valence-corrected chi connectivity index (χ3v) is 6.79. The molecule has 0 bridgehead atoms. The standard InChI is InChI=1S/C30H45N9O3/c1-18-12-24(40)13-19(2)25(18)16-26(39-30(34)35)27(41)15-22(10-7-11-36-29(32)33)28(42)37-17-23(38-20(3)31)14-21-8-5-4-6-9-21/h4-6,8-9,12-13,22-23,26,40H,7,10-11,14-17H2,1-3H3,(H2,31,38)(H,37,42)(H4,32,33,36)(H4,34,35,39)/t22-,23-,26-/m0/s1. The van der Waals surface area contributed by atoms with Crippen LogP contribution in [0, 0.1) is 19.8 Å². The number of phenols is 1. The highest BCUT2D eigenvalue weighted by atomic mass is 16.3. The molecule has 0 spiro atoms. The number of nitrogens with one attached hydrogen (secondary N) is 1. The summed E-state index contributed by atoms with van der Waals surface area (Å²) in [6.45, 7) is 5.94. The number of rotatable bonds is 16. The number of Topliss-reactive ketones (excluding diaryl/α,β-unsaturated/α-hetero) is 1. The van der Waals surface area contributed by atoms with Crippen molar-refractivity contribution >= 4 is 29.4 Å². The van der Waals surface area contributed by atoms with Gasteiger partial charge in [-0.1, -0.05) is 30.3 Å². The molecule has 0 radical (unpaired) electrons. The minimum atomic E-state index is -0.903. The Kier molecular flexibility index (Phi) is 13.3. The second-order valence-corrected chi connectivity index (χ2v) is 10.5. The highest BCUT2D eigenvalue weighted by molar-refractivity contribution is 5.92. The number of ketones is 1. The number of aromatic hydroxyl groups is 1. The van der Waals surface area contributed by atoms with E-state index in [-0.39, 0.29) is 54.8 Å². The molecule has 2 rings (SSSR count). The first kappa shape index (κ1) is 33.6. The SMILES string of the molecule is CC(N)=N[C@H](CNC(=O)[C@@H](CCCN=C(N)N)CC(=O)[C@H](Cc1c(C)cc(O)cc1C)N=C(N)N)Cc1ccccc1. The van der Waals surface area contributed by atoms with E-state index in [1.54, 1.807) is 19.1 Å². The smallest absolute Gasteiger partial charge is 0.223 e. The van der Waals surface area contributed by atoms with Crippen LogP contribution >= 0.6 is 0 Å². The summed E-state index contributed by atoms with van der Waals surface area (Å²) in [6, 6.07) is 11.8. The lowest BCUT2D eigenvalue weighted by atomic mass is 9.89. The van der Waals surface area contributed by atoms with E-state index in [2.05, 4.69) is 20.3 Å². The number of hydrogen-bond donors (Lipinski definition) is 7. The predicted molar refractivity (Wildman–Crippen MR) is 168 cm³/mol. The maximum absolute atomic E-state index is 13.6. The second-order valence-electron chi connectivity index (χ2n) is 10.5. The molecule has 0 heterocycles. The topological polar surface area (TPSA) is 234 Å². The summed E-state index contributed by atoms with van der Waals surface area (Å²) in [5.74, 6) is -0.978. The summed E-state index contributed by atoms with van der Waals surface area (Å²) in [4.78, 5) is 39.7. The Balaban J connectivity index is 2.24. The Hall–Kier alpha value is -4.61. The second kappa shape index (κ2) is 16.6. The quantitative estimate of drug-likeness (QED) is 0.0856. The van der Waals surface area contributed by atoms with E-state index in [1.807, 2.05) is 44.2 Å². The lowest BCUT2D eigenvalue weighted by molar-refractivity contribution is -0.130. The van der Waals surface area contributed by atoms with E-state index < -0.39 is 12.0 Å². The molecule has 1 amide bonds. The fraction of sp³-hybridized carbons (Fsp3) is 0.433. The number of guanidine groups is 2. The molecule has 0 aliphatic rings. The van der Waals surface area contributed by atoms with E-state index in [1.165, 1.54) is 0 Å². The van der Waals surface area contributed by atoms with Gasteiger partial charge in [-0.15, -0.1) is 0 Å². The first-order valence-electron chi connectivity index (χ1n) is 13.9. The first-order chi connectivity index (χ1) is 19.8. The molecule has 3 atom stereocenters. The van der Waals surface area contributed by atoms with Crippen molar-refractivity contribution in [1.82, 2.24) is 5.32 Å². The Morgan fingerprint density at radius 3 is 2.14 bits per heavy atom.